The van der Waals surface area contributed by atoms with Crippen LogP contribution in [-0.4, -0.2) is 81.0 Å². The standard InChI is InChI=1S/C28H34N4O6/c29-21(16-19-10-12-20(33)13-11-19)26(35)32-15-5-9-24(32)27(36)31-14-4-8-23(31)25(34)30-22(28(37)38)17-18-6-2-1-3-7-18/h1-3,6-7,10-13,21-24,33H,4-5,8-9,14-17,29H2,(H,30,34)(H,37,38). The SMILES string of the molecule is NC(Cc1ccc(O)cc1)C(=O)N1CCCC1C(=O)N1CCCC1C(=O)NC(Cc1ccccc1)C(=O)O. The summed E-state index contributed by atoms with van der Waals surface area (Å²) >= 11 is 0. The molecule has 4 unspecified atom stereocenters. The second-order valence-electron chi connectivity index (χ2n) is 9.95. The zero-order chi connectivity index (χ0) is 27.2. The Bertz CT molecular complexity index is 1160. The van der Waals surface area contributed by atoms with Crippen LogP contribution in [0.4, 0.5) is 0 Å². The van der Waals surface area contributed by atoms with Crippen LogP contribution in [0.1, 0.15) is 36.8 Å². The van der Waals surface area contributed by atoms with E-state index in [2.05, 4.69) is 5.32 Å². The predicted molar refractivity (Wildman–Crippen MR) is 139 cm³/mol. The van der Waals surface area contributed by atoms with Crippen molar-refractivity contribution in [3.63, 3.8) is 0 Å². The lowest BCUT2D eigenvalue weighted by atomic mass is 10.0. The number of carboxylic acids is 1. The molecule has 2 fully saturated rings. The Balaban J connectivity index is 1.40. The second-order valence-corrected chi connectivity index (χ2v) is 9.95. The summed E-state index contributed by atoms with van der Waals surface area (Å²) in [5, 5.41) is 21.8. The smallest absolute Gasteiger partial charge is 0.326 e. The summed E-state index contributed by atoms with van der Waals surface area (Å²) in [7, 11) is 0. The molecule has 10 nitrogen and oxygen atoms in total. The Hall–Kier alpha value is -3.92. The van der Waals surface area contributed by atoms with Gasteiger partial charge in [-0.2, -0.15) is 0 Å². The van der Waals surface area contributed by atoms with Crippen LogP contribution in [0.25, 0.3) is 0 Å². The minimum Gasteiger partial charge on any atom is -0.508 e. The van der Waals surface area contributed by atoms with Crippen molar-refractivity contribution in [1.82, 2.24) is 15.1 Å². The van der Waals surface area contributed by atoms with Crippen LogP contribution < -0.4 is 11.1 Å². The lowest BCUT2D eigenvalue weighted by molar-refractivity contribution is -0.148. The van der Waals surface area contributed by atoms with Crippen molar-refractivity contribution in [3.8, 4) is 5.75 Å². The van der Waals surface area contributed by atoms with E-state index in [1.807, 2.05) is 6.07 Å². The fraction of sp³-hybridized carbons (Fsp3) is 0.429. The van der Waals surface area contributed by atoms with Gasteiger partial charge >= 0.3 is 5.97 Å². The van der Waals surface area contributed by atoms with Gasteiger partial charge in [-0.15, -0.1) is 0 Å². The van der Waals surface area contributed by atoms with E-state index in [0.29, 0.717) is 38.8 Å². The molecule has 4 rings (SSSR count). The maximum Gasteiger partial charge on any atom is 0.326 e. The highest BCUT2D eigenvalue weighted by Gasteiger charge is 2.43. The fourth-order valence-corrected chi connectivity index (χ4v) is 5.29. The van der Waals surface area contributed by atoms with Crippen LogP contribution >= 0.6 is 0 Å². The molecule has 10 heteroatoms. The number of benzene rings is 2. The summed E-state index contributed by atoms with van der Waals surface area (Å²) in [6.07, 6.45) is 2.57. The number of amides is 3. The van der Waals surface area contributed by atoms with Crippen molar-refractivity contribution in [2.24, 2.45) is 5.73 Å². The monoisotopic (exact) mass is 522 g/mol. The molecule has 0 saturated carbocycles. The fourth-order valence-electron chi connectivity index (χ4n) is 5.29. The molecule has 0 spiro atoms. The van der Waals surface area contributed by atoms with Gasteiger partial charge in [0.15, 0.2) is 0 Å². The number of phenols is 1. The molecule has 0 bridgehead atoms. The van der Waals surface area contributed by atoms with Gasteiger partial charge < -0.3 is 31.1 Å². The Morgan fingerprint density at radius 1 is 0.868 bits per heavy atom. The van der Waals surface area contributed by atoms with Crippen molar-refractivity contribution in [1.29, 1.82) is 0 Å². The van der Waals surface area contributed by atoms with Gasteiger partial charge in [-0.1, -0.05) is 42.5 Å². The third-order valence-electron chi connectivity index (χ3n) is 7.27. The average molecular weight is 523 g/mol. The summed E-state index contributed by atoms with van der Waals surface area (Å²) < 4.78 is 0. The molecule has 2 aliphatic heterocycles. The van der Waals surface area contributed by atoms with Crippen molar-refractivity contribution in [2.75, 3.05) is 13.1 Å². The zero-order valence-electron chi connectivity index (χ0n) is 21.2. The molecule has 38 heavy (non-hydrogen) atoms. The van der Waals surface area contributed by atoms with E-state index in [-0.39, 0.29) is 30.4 Å². The highest BCUT2D eigenvalue weighted by molar-refractivity contribution is 5.95. The number of hydrogen-bond acceptors (Lipinski definition) is 6. The maximum atomic E-state index is 13.6. The highest BCUT2D eigenvalue weighted by atomic mass is 16.4. The predicted octanol–water partition coefficient (Wildman–Crippen LogP) is 1.06. The molecular formula is C28H34N4O6. The first-order valence-electron chi connectivity index (χ1n) is 13.0. The number of nitrogens with one attached hydrogen (secondary N) is 1. The van der Waals surface area contributed by atoms with Crippen molar-refractivity contribution in [3.05, 3.63) is 65.7 Å². The molecule has 202 valence electrons. The van der Waals surface area contributed by atoms with Crippen LogP contribution in [0, 0.1) is 0 Å². The number of carbonyl (C=O) groups excluding carboxylic acids is 3. The molecular weight excluding hydrogens is 488 g/mol. The number of aliphatic carboxylic acids is 1. The summed E-state index contributed by atoms with van der Waals surface area (Å²) in [4.78, 5) is 54.7. The molecule has 2 saturated heterocycles. The van der Waals surface area contributed by atoms with Gasteiger partial charge in [-0.25, -0.2) is 4.79 Å². The third-order valence-corrected chi connectivity index (χ3v) is 7.27. The van der Waals surface area contributed by atoms with Crippen molar-refractivity contribution < 1.29 is 29.4 Å². The number of rotatable bonds is 9. The number of aromatic hydroxyl groups is 1. The quantitative estimate of drug-likeness (QED) is 0.384. The molecule has 5 N–H and O–H groups in total. The van der Waals surface area contributed by atoms with E-state index in [0.717, 1.165) is 11.1 Å². The Labute approximate surface area is 221 Å². The van der Waals surface area contributed by atoms with E-state index in [1.54, 1.807) is 36.4 Å². The van der Waals surface area contributed by atoms with E-state index in [4.69, 9.17) is 5.73 Å². The number of likely N-dealkylation sites (tertiary alicyclic amines) is 2. The molecule has 3 amide bonds. The molecule has 2 aromatic rings. The van der Waals surface area contributed by atoms with E-state index in [9.17, 15) is 29.4 Å². The van der Waals surface area contributed by atoms with Crippen molar-refractivity contribution >= 4 is 23.7 Å². The highest BCUT2D eigenvalue weighted by Crippen LogP contribution is 2.26. The lowest BCUT2D eigenvalue weighted by Gasteiger charge is -2.32. The average Bonchev–Trinajstić information content (AvgIpc) is 3.60. The Morgan fingerprint density at radius 2 is 1.47 bits per heavy atom. The number of carbonyl (C=O) groups is 4. The number of nitrogens with two attached hydrogens (primary N) is 1. The van der Waals surface area contributed by atoms with Gasteiger partial charge in [0.05, 0.1) is 6.04 Å². The van der Waals surface area contributed by atoms with Crippen LogP contribution in [-0.2, 0) is 32.0 Å². The Kier molecular flexibility index (Phi) is 8.62. The Morgan fingerprint density at radius 3 is 2.13 bits per heavy atom. The zero-order valence-corrected chi connectivity index (χ0v) is 21.2. The van der Waals surface area contributed by atoms with Gasteiger partial charge in [-0.3, -0.25) is 14.4 Å². The molecule has 0 radical (unpaired) electrons. The molecule has 0 aliphatic carbocycles. The van der Waals surface area contributed by atoms with E-state index < -0.39 is 36.0 Å². The largest absolute Gasteiger partial charge is 0.508 e. The summed E-state index contributed by atoms with van der Waals surface area (Å²) in [6.45, 7) is 0.771. The van der Waals surface area contributed by atoms with Crippen LogP contribution in [0.5, 0.6) is 5.75 Å². The third kappa shape index (κ3) is 6.31. The first-order chi connectivity index (χ1) is 18.2. The lowest BCUT2D eigenvalue weighted by Crippen LogP contribution is -2.56. The number of carboxylic acid groups (broad SMARTS) is 1. The van der Waals surface area contributed by atoms with Crippen LogP contribution in [0.15, 0.2) is 54.6 Å². The molecule has 2 aliphatic rings. The first kappa shape index (κ1) is 27.1. The van der Waals surface area contributed by atoms with Crippen LogP contribution in [0.2, 0.25) is 0 Å². The summed E-state index contributed by atoms with van der Waals surface area (Å²) in [6, 6.07) is 12.0. The number of hydrogen-bond donors (Lipinski definition) is 4. The van der Waals surface area contributed by atoms with Gasteiger partial charge in [0.2, 0.25) is 17.7 Å². The first-order valence-corrected chi connectivity index (χ1v) is 13.0. The second kappa shape index (κ2) is 12.1. The topological polar surface area (TPSA) is 153 Å². The number of phenolic OH excluding ortho intramolecular Hbond substituents is 1. The minimum absolute atomic E-state index is 0.123. The molecule has 2 heterocycles. The van der Waals surface area contributed by atoms with E-state index >= 15 is 0 Å². The van der Waals surface area contributed by atoms with Gasteiger partial charge in [0.25, 0.3) is 0 Å². The summed E-state index contributed by atoms with van der Waals surface area (Å²) in [5.74, 6) is -2.16. The minimum atomic E-state index is -1.15. The van der Waals surface area contributed by atoms with E-state index in [1.165, 1.54) is 21.9 Å². The van der Waals surface area contributed by atoms with Gasteiger partial charge in [-0.05, 0) is 55.4 Å². The van der Waals surface area contributed by atoms with Crippen LogP contribution in [0.3, 0.4) is 0 Å². The van der Waals surface area contributed by atoms with Gasteiger partial charge in [0, 0.05) is 19.5 Å². The molecule has 2 aromatic carbocycles. The molecule has 4 atom stereocenters. The van der Waals surface area contributed by atoms with Crippen molar-refractivity contribution in [2.45, 2.75) is 62.7 Å². The molecule has 0 aromatic heterocycles. The maximum absolute atomic E-state index is 13.6. The normalized spacial score (nSPS) is 20.7. The number of nitrogens with zero attached hydrogens (tertiary/aromatic N) is 2. The van der Waals surface area contributed by atoms with Gasteiger partial charge in [0.1, 0.15) is 23.9 Å². The summed E-state index contributed by atoms with van der Waals surface area (Å²) in [5.41, 5.74) is 7.78.